The average molecular weight is 439 g/mol. The van der Waals surface area contributed by atoms with Crippen LogP contribution in [0.1, 0.15) is 73.2 Å². The van der Waals surface area contributed by atoms with Crippen LogP contribution in [0.15, 0.2) is 24.3 Å². The van der Waals surface area contributed by atoms with Gasteiger partial charge in [0.15, 0.2) is 0 Å². The number of aromatic nitrogens is 2. The maximum Gasteiger partial charge on any atom is 0.251 e. The van der Waals surface area contributed by atoms with Crippen LogP contribution < -0.4 is 10.6 Å². The minimum Gasteiger partial charge on any atom is -0.365 e. The number of fused-ring (bicyclic) bond motifs is 1. The quantitative estimate of drug-likeness (QED) is 0.483. The van der Waals surface area contributed by atoms with E-state index in [9.17, 15) is 4.79 Å². The van der Waals surface area contributed by atoms with Crippen molar-refractivity contribution in [3.05, 3.63) is 51.7 Å². The lowest BCUT2D eigenvalue weighted by Crippen LogP contribution is -2.45. The van der Waals surface area contributed by atoms with Crippen LogP contribution in [-0.2, 0) is 6.54 Å². The van der Waals surface area contributed by atoms with Crippen molar-refractivity contribution in [1.29, 1.82) is 0 Å². The molecule has 166 valence electrons. The number of anilines is 1. The Labute approximate surface area is 189 Å². The Bertz CT molecular complexity index is 1090. The van der Waals surface area contributed by atoms with Crippen molar-refractivity contribution < 1.29 is 4.79 Å². The third-order valence-electron chi connectivity index (χ3n) is 5.24. The smallest absolute Gasteiger partial charge is 0.251 e. The summed E-state index contributed by atoms with van der Waals surface area (Å²) in [6.45, 7) is 17.5. The molecule has 0 aliphatic carbocycles. The molecule has 2 N–H and O–H groups in total. The number of carbonyl (C=O) groups is 1. The molecular weight excluding hydrogens is 404 g/mol. The van der Waals surface area contributed by atoms with Crippen LogP contribution in [0.3, 0.4) is 0 Å². The number of hydrogen-bond donors (Lipinski definition) is 2. The van der Waals surface area contributed by atoms with Crippen molar-refractivity contribution in [2.24, 2.45) is 5.41 Å². The van der Waals surface area contributed by atoms with Crippen molar-refractivity contribution in [2.75, 3.05) is 5.32 Å². The fraction of sp³-hybridized carbons (Fsp3) is 0.480. The SMILES string of the molecule is Cc1nc(NCc2ccc(C(=O)NC(C)(C)CC(C)(C)C)cc2)c2c(C)c(C)sc2n1. The normalized spacial score (nSPS) is 12.3. The molecule has 3 aromatic rings. The standard InChI is InChI=1S/C25H34N4OS/c1-15-16(2)31-23-20(15)21(27-17(3)28-23)26-13-18-9-11-19(12-10-18)22(30)29-25(7,8)14-24(4,5)6/h9-12H,13-14H2,1-8H3,(H,29,30)(H,26,27,28). The number of hydrogen-bond acceptors (Lipinski definition) is 5. The third kappa shape index (κ3) is 5.82. The van der Waals surface area contributed by atoms with Crippen molar-refractivity contribution in [3.63, 3.8) is 0 Å². The Balaban J connectivity index is 1.69. The van der Waals surface area contributed by atoms with Gasteiger partial charge in [0.2, 0.25) is 0 Å². The zero-order valence-electron chi connectivity index (χ0n) is 19.9. The predicted molar refractivity (Wildman–Crippen MR) is 131 cm³/mol. The molecule has 0 aliphatic rings. The van der Waals surface area contributed by atoms with Crippen LogP contribution in [-0.4, -0.2) is 21.4 Å². The molecule has 0 aliphatic heterocycles. The Morgan fingerprint density at radius 1 is 1.00 bits per heavy atom. The molecule has 3 rings (SSSR count). The number of carbonyl (C=O) groups excluding carboxylic acids is 1. The van der Waals surface area contributed by atoms with Crippen molar-refractivity contribution in [2.45, 2.75) is 73.9 Å². The van der Waals surface area contributed by atoms with E-state index in [0.717, 1.165) is 33.8 Å². The molecule has 31 heavy (non-hydrogen) atoms. The topological polar surface area (TPSA) is 66.9 Å². The molecule has 2 heterocycles. The van der Waals surface area contributed by atoms with Gasteiger partial charge in [-0.2, -0.15) is 0 Å². The minimum absolute atomic E-state index is 0.0359. The summed E-state index contributed by atoms with van der Waals surface area (Å²) in [5.74, 6) is 1.60. The highest BCUT2D eigenvalue weighted by Crippen LogP contribution is 2.33. The van der Waals surface area contributed by atoms with Gasteiger partial charge in [-0.25, -0.2) is 9.97 Å². The van der Waals surface area contributed by atoms with Crippen LogP contribution >= 0.6 is 11.3 Å². The maximum absolute atomic E-state index is 12.7. The summed E-state index contributed by atoms with van der Waals surface area (Å²) in [4.78, 5) is 24.2. The Morgan fingerprint density at radius 3 is 2.26 bits per heavy atom. The summed E-state index contributed by atoms with van der Waals surface area (Å²) in [6, 6.07) is 7.77. The molecule has 5 nitrogen and oxygen atoms in total. The van der Waals surface area contributed by atoms with E-state index in [4.69, 9.17) is 0 Å². The van der Waals surface area contributed by atoms with Gasteiger partial charge in [-0.1, -0.05) is 32.9 Å². The largest absolute Gasteiger partial charge is 0.365 e. The van der Waals surface area contributed by atoms with Crippen molar-refractivity contribution >= 4 is 33.3 Å². The molecule has 0 radical (unpaired) electrons. The highest BCUT2D eigenvalue weighted by Gasteiger charge is 2.27. The zero-order valence-corrected chi connectivity index (χ0v) is 20.8. The number of benzene rings is 1. The van der Waals surface area contributed by atoms with E-state index in [1.807, 2.05) is 31.2 Å². The van der Waals surface area contributed by atoms with Gasteiger partial charge in [0.25, 0.3) is 5.91 Å². The fourth-order valence-electron chi connectivity index (χ4n) is 4.19. The van der Waals surface area contributed by atoms with Crippen LogP contribution in [0, 0.1) is 26.2 Å². The molecule has 0 saturated heterocycles. The first-order chi connectivity index (χ1) is 14.3. The van der Waals surface area contributed by atoms with Gasteiger partial charge < -0.3 is 10.6 Å². The van der Waals surface area contributed by atoms with Crippen LogP contribution in [0.5, 0.6) is 0 Å². The molecule has 0 fully saturated rings. The molecule has 0 unspecified atom stereocenters. The van der Waals surface area contributed by atoms with E-state index in [0.29, 0.717) is 12.1 Å². The molecule has 6 heteroatoms. The summed E-state index contributed by atoms with van der Waals surface area (Å²) in [5, 5.41) is 7.74. The number of amides is 1. The van der Waals surface area contributed by atoms with Gasteiger partial charge >= 0.3 is 0 Å². The van der Waals surface area contributed by atoms with E-state index in [1.54, 1.807) is 11.3 Å². The molecule has 0 spiro atoms. The first kappa shape index (κ1) is 23.2. The number of rotatable bonds is 6. The van der Waals surface area contributed by atoms with Gasteiger partial charge in [-0.3, -0.25) is 4.79 Å². The first-order valence-corrected chi connectivity index (χ1v) is 11.6. The predicted octanol–water partition coefficient (Wildman–Crippen LogP) is 6.17. The van der Waals surface area contributed by atoms with Crippen LogP contribution in [0.4, 0.5) is 5.82 Å². The van der Waals surface area contributed by atoms with Gasteiger partial charge in [0, 0.05) is 22.5 Å². The average Bonchev–Trinajstić information content (AvgIpc) is 2.91. The highest BCUT2D eigenvalue weighted by atomic mass is 32.1. The highest BCUT2D eigenvalue weighted by molar-refractivity contribution is 7.18. The summed E-state index contributed by atoms with van der Waals surface area (Å²) in [7, 11) is 0. The minimum atomic E-state index is -0.262. The fourth-order valence-corrected chi connectivity index (χ4v) is 5.27. The Hall–Kier alpha value is -2.47. The summed E-state index contributed by atoms with van der Waals surface area (Å²) in [6.07, 6.45) is 0.905. The number of thiophene rings is 1. The molecule has 2 aromatic heterocycles. The lowest BCUT2D eigenvalue weighted by Gasteiger charge is -2.33. The Morgan fingerprint density at radius 2 is 1.65 bits per heavy atom. The second kappa shape index (κ2) is 8.58. The zero-order chi connectivity index (χ0) is 23.0. The van der Waals surface area contributed by atoms with E-state index in [-0.39, 0.29) is 16.9 Å². The molecule has 0 atom stereocenters. The monoisotopic (exact) mass is 438 g/mol. The van der Waals surface area contributed by atoms with Gasteiger partial charge in [0.05, 0.1) is 5.39 Å². The van der Waals surface area contributed by atoms with Crippen molar-refractivity contribution in [3.8, 4) is 0 Å². The molecule has 0 saturated carbocycles. The third-order valence-corrected chi connectivity index (χ3v) is 6.34. The molecular formula is C25H34N4OS. The number of aryl methyl sites for hydroxylation is 3. The summed E-state index contributed by atoms with van der Waals surface area (Å²) in [5.41, 5.74) is 2.89. The van der Waals surface area contributed by atoms with Crippen LogP contribution in [0.2, 0.25) is 0 Å². The first-order valence-electron chi connectivity index (χ1n) is 10.7. The lowest BCUT2D eigenvalue weighted by atomic mass is 9.81. The summed E-state index contributed by atoms with van der Waals surface area (Å²) < 4.78 is 0. The molecule has 1 aromatic carbocycles. The second-order valence-electron chi connectivity index (χ2n) is 10.2. The Kier molecular flexibility index (Phi) is 6.42. The second-order valence-corrected chi connectivity index (χ2v) is 11.4. The summed E-state index contributed by atoms with van der Waals surface area (Å²) >= 11 is 1.71. The van der Waals surface area contributed by atoms with E-state index in [2.05, 4.69) is 69.1 Å². The molecule has 1 amide bonds. The van der Waals surface area contributed by atoms with Gasteiger partial charge in [-0.05, 0) is 69.7 Å². The van der Waals surface area contributed by atoms with Gasteiger partial charge in [0.1, 0.15) is 16.5 Å². The van der Waals surface area contributed by atoms with E-state index in [1.165, 1.54) is 10.4 Å². The number of nitrogens with one attached hydrogen (secondary N) is 2. The molecule has 0 bridgehead atoms. The number of nitrogens with zero attached hydrogens (tertiary/aromatic N) is 2. The van der Waals surface area contributed by atoms with E-state index >= 15 is 0 Å². The van der Waals surface area contributed by atoms with E-state index < -0.39 is 0 Å². The lowest BCUT2D eigenvalue weighted by molar-refractivity contribution is 0.0891. The van der Waals surface area contributed by atoms with Crippen LogP contribution in [0.25, 0.3) is 10.2 Å². The maximum atomic E-state index is 12.7. The van der Waals surface area contributed by atoms with Gasteiger partial charge in [-0.15, -0.1) is 11.3 Å². The van der Waals surface area contributed by atoms with Crippen molar-refractivity contribution in [1.82, 2.24) is 15.3 Å².